The largest absolute Gasteiger partial charge is 0.543 e. The predicted molar refractivity (Wildman–Crippen MR) is 137 cm³/mol. The average molecular weight is 508 g/mol. The number of benzene rings is 1. The summed E-state index contributed by atoms with van der Waals surface area (Å²) < 4.78 is 13.4. The second kappa shape index (κ2) is 8.33. The van der Waals surface area contributed by atoms with E-state index in [2.05, 4.69) is 44.1 Å². The number of urea groups is 1. The third kappa shape index (κ3) is 4.03. The molecule has 0 spiro atoms. The van der Waals surface area contributed by atoms with Gasteiger partial charge in [-0.1, -0.05) is 32.0 Å². The summed E-state index contributed by atoms with van der Waals surface area (Å²) in [6, 6.07) is 5.24. The minimum atomic E-state index is -1.99. The van der Waals surface area contributed by atoms with Crippen LogP contribution in [0.15, 0.2) is 35.1 Å². The molecule has 1 atom stereocenters. The molecule has 1 saturated heterocycles. The number of rotatable bonds is 5. The molecule has 1 aromatic carbocycles. The molecular weight excluding hydrogens is 474 g/mol. The van der Waals surface area contributed by atoms with Gasteiger partial charge in [0.1, 0.15) is 17.6 Å². The van der Waals surface area contributed by atoms with Crippen molar-refractivity contribution in [2.45, 2.75) is 78.3 Å². The van der Waals surface area contributed by atoms with Gasteiger partial charge in [0.15, 0.2) is 0 Å². The lowest BCUT2D eigenvalue weighted by molar-refractivity contribution is -0.120. The summed E-state index contributed by atoms with van der Waals surface area (Å²) in [5.41, 5.74) is 4.31. The molecule has 0 N–H and O–H groups in total. The summed E-state index contributed by atoms with van der Waals surface area (Å²) >= 11 is 0. The lowest BCUT2D eigenvalue weighted by atomic mass is 9.94. The second-order valence-corrected chi connectivity index (χ2v) is 16.0. The van der Waals surface area contributed by atoms with E-state index in [-0.39, 0.29) is 17.0 Å². The van der Waals surface area contributed by atoms with E-state index in [0.717, 1.165) is 33.9 Å². The van der Waals surface area contributed by atoms with Gasteiger partial charge in [0, 0.05) is 24.7 Å². The van der Waals surface area contributed by atoms with Gasteiger partial charge in [0.2, 0.25) is 8.32 Å². The van der Waals surface area contributed by atoms with Gasteiger partial charge in [-0.3, -0.25) is 9.48 Å². The second-order valence-electron chi connectivity index (χ2n) is 11.3. The maximum atomic E-state index is 13.4. The average Bonchev–Trinajstić information content (AvgIpc) is 3.45. The van der Waals surface area contributed by atoms with E-state index in [4.69, 9.17) is 8.95 Å². The van der Waals surface area contributed by atoms with E-state index in [0.29, 0.717) is 25.2 Å². The van der Waals surface area contributed by atoms with Gasteiger partial charge in [-0.2, -0.15) is 5.10 Å². The van der Waals surface area contributed by atoms with Crippen molar-refractivity contribution in [2.24, 2.45) is 0 Å². The van der Waals surface area contributed by atoms with Crippen LogP contribution in [-0.4, -0.2) is 46.1 Å². The first-order valence-electron chi connectivity index (χ1n) is 12.3. The van der Waals surface area contributed by atoms with E-state index >= 15 is 0 Å². The summed E-state index contributed by atoms with van der Waals surface area (Å²) in [6.45, 7) is 15.6. The van der Waals surface area contributed by atoms with Gasteiger partial charge in [-0.25, -0.2) is 9.69 Å². The molecule has 3 aromatic rings. The fraction of sp³-hybridized carbons (Fsp3) is 0.462. The number of carbonyl (C=O) groups excluding carboxylic acids is 2. The van der Waals surface area contributed by atoms with E-state index in [1.54, 1.807) is 22.0 Å². The van der Waals surface area contributed by atoms with E-state index < -0.39 is 14.4 Å². The van der Waals surface area contributed by atoms with Gasteiger partial charge >= 0.3 is 6.03 Å². The summed E-state index contributed by atoms with van der Waals surface area (Å²) in [7, 11) is -1.99. The topological polar surface area (TPSA) is 93.7 Å². The maximum Gasteiger partial charge on any atom is 0.332 e. The van der Waals surface area contributed by atoms with Gasteiger partial charge < -0.3 is 13.8 Å². The monoisotopic (exact) mass is 507 g/mol. The van der Waals surface area contributed by atoms with Crippen LogP contribution in [0.25, 0.3) is 0 Å². The van der Waals surface area contributed by atoms with Crippen molar-refractivity contribution >= 4 is 25.9 Å². The van der Waals surface area contributed by atoms with Crippen molar-refractivity contribution in [3.05, 3.63) is 58.7 Å². The normalized spacial score (nSPS) is 18.0. The molecule has 2 aliphatic rings. The number of hydrogen-bond acceptors (Lipinski definition) is 6. The number of carbonyl (C=O) groups is 2. The quantitative estimate of drug-likeness (QED) is 0.363. The van der Waals surface area contributed by atoms with Gasteiger partial charge in [-0.05, 0) is 55.2 Å². The summed E-state index contributed by atoms with van der Waals surface area (Å²) in [5, 5.41) is 8.44. The molecule has 2 aliphatic heterocycles. The standard InChI is InChI=1S/C26H33N5O4Si/c1-16-22(17(2)34-28-16)15-29-14-20(12-27-29)31-24(32)23-11-18-8-9-21(35-36(6,7)26(3,4)5)10-19(18)13-30(23)25(31)33/h8-10,12,14,23H,11,13,15H2,1-7H3/t23-/m0/s1. The molecule has 0 bridgehead atoms. The van der Waals surface area contributed by atoms with Crippen LogP contribution in [0, 0.1) is 13.8 Å². The van der Waals surface area contributed by atoms with Crippen molar-refractivity contribution < 1.29 is 18.5 Å². The molecule has 5 rings (SSSR count). The zero-order valence-corrected chi connectivity index (χ0v) is 23.0. The predicted octanol–water partition coefficient (Wildman–Crippen LogP) is 4.81. The minimum absolute atomic E-state index is 0.0851. The fourth-order valence-electron chi connectivity index (χ4n) is 4.55. The highest BCUT2D eigenvalue weighted by molar-refractivity contribution is 6.74. The molecule has 3 amide bonds. The highest BCUT2D eigenvalue weighted by atomic mass is 28.4. The number of fused-ring (bicyclic) bond motifs is 2. The number of hydrogen-bond donors (Lipinski definition) is 0. The van der Waals surface area contributed by atoms with Crippen LogP contribution < -0.4 is 9.33 Å². The van der Waals surface area contributed by atoms with Crippen LogP contribution in [0.2, 0.25) is 18.1 Å². The van der Waals surface area contributed by atoms with Crippen molar-refractivity contribution in [1.29, 1.82) is 0 Å². The first-order chi connectivity index (χ1) is 16.9. The molecule has 2 aromatic heterocycles. The first kappa shape index (κ1) is 24.3. The Hall–Kier alpha value is -3.40. The number of imide groups is 1. The van der Waals surface area contributed by atoms with Gasteiger partial charge in [-0.15, -0.1) is 0 Å². The number of amides is 3. The number of aromatic nitrogens is 3. The minimum Gasteiger partial charge on any atom is -0.543 e. The summed E-state index contributed by atoms with van der Waals surface area (Å²) in [5.74, 6) is 1.34. The van der Waals surface area contributed by atoms with Crippen molar-refractivity contribution in [3.63, 3.8) is 0 Å². The molecule has 4 heterocycles. The summed E-state index contributed by atoms with van der Waals surface area (Å²) in [6.07, 6.45) is 3.77. The number of nitrogens with zero attached hydrogens (tertiary/aromatic N) is 5. The third-order valence-electron chi connectivity index (χ3n) is 7.81. The molecule has 0 saturated carbocycles. The Balaban J connectivity index is 1.35. The highest BCUT2D eigenvalue weighted by Gasteiger charge is 2.48. The van der Waals surface area contributed by atoms with Gasteiger partial charge in [0.25, 0.3) is 5.91 Å². The molecule has 10 heteroatoms. The van der Waals surface area contributed by atoms with Crippen LogP contribution in [0.1, 0.15) is 48.9 Å². The highest BCUT2D eigenvalue weighted by Crippen LogP contribution is 2.39. The third-order valence-corrected chi connectivity index (χ3v) is 12.2. The number of aryl methyl sites for hydroxylation is 2. The van der Waals surface area contributed by atoms with E-state index in [9.17, 15) is 9.59 Å². The summed E-state index contributed by atoms with van der Waals surface area (Å²) in [4.78, 5) is 29.6. The van der Waals surface area contributed by atoms with Crippen LogP contribution in [0.3, 0.4) is 0 Å². The van der Waals surface area contributed by atoms with Crippen LogP contribution in [0.4, 0.5) is 10.5 Å². The molecule has 9 nitrogen and oxygen atoms in total. The first-order valence-corrected chi connectivity index (χ1v) is 15.2. The van der Waals surface area contributed by atoms with Crippen LogP contribution in [-0.2, 0) is 24.3 Å². The van der Waals surface area contributed by atoms with Crippen LogP contribution in [0.5, 0.6) is 5.75 Å². The SMILES string of the molecule is Cc1noc(C)c1Cn1cc(N2C(=O)[C@@H]3Cc4ccc(O[Si](C)(C)C(C)(C)C)cc4CN3C2=O)cn1. The lowest BCUT2D eigenvalue weighted by Crippen LogP contribution is -2.44. The molecule has 1 fully saturated rings. The maximum absolute atomic E-state index is 13.4. The Morgan fingerprint density at radius 3 is 2.58 bits per heavy atom. The zero-order chi connectivity index (χ0) is 26.0. The molecule has 0 unspecified atom stereocenters. The molecule has 36 heavy (non-hydrogen) atoms. The Morgan fingerprint density at radius 2 is 1.92 bits per heavy atom. The van der Waals surface area contributed by atoms with Crippen molar-refractivity contribution in [1.82, 2.24) is 19.8 Å². The Kier molecular flexibility index (Phi) is 5.62. The van der Waals surface area contributed by atoms with Crippen LogP contribution >= 0.6 is 0 Å². The van der Waals surface area contributed by atoms with E-state index in [1.165, 1.54) is 4.90 Å². The van der Waals surface area contributed by atoms with Crippen molar-refractivity contribution in [3.8, 4) is 5.75 Å². The molecular formula is C26H33N5O4Si. The zero-order valence-electron chi connectivity index (χ0n) is 22.0. The fourth-order valence-corrected chi connectivity index (χ4v) is 5.57. The molecule has 0 radical (unpaired) electrons. The Morgan fingerprint density at radius 1 is 1.17 bits per heavy atom. The smallest absolute Gasteiger partial charge is 0.332 e. The van der Waals surface area contributed by atoms with E-state index in [1.807, 2.05) is 32.0 Å². The molecule has 190 valence electrons. The lowest BCUT2D eigenvalue weighted by Gasteiger charge is -2.37. The van der Waals surface area contributed by atoms with Gasteiger partial charge in [0.05, 0.1) is 24.1 Å². The van der Waals surface area contributed by atoms with Crippen molar-refractivity contribution in [2.75, 3.05) is 4.90 Å². The Bertz CT molecular complexity index is 1330. The molecule has 0 aliphatic carbocycles. The number of anilines is 1. The Labute approximate surface area is 212 Å².